The van der Waals surface area contributed by atoms with Gasteiger partial charge in [0, 0.05) is 18.2 Å². The van der Waals surface area contributed by atoms with Gasteiger partial charge in [-0.05, 0) is 6.08 Å². The number of aliphatic hydroxyl groups is 1. The van der Waals surface area contributed by atoms with E-state index in [0.29, 0.717) is 9.80 Å². The van der Waals surface area contributed by atoms with Crippen LogP contribution in [0, 0.1) is 11.5 Å². The van der Waals surface area contributed by atoms with Gasteiger partial charge in [-0.25, -0.2) is 9.80 Å². The van der Waals surface area contributed by atoms with Crippen LogP contribution in [0.5, 0.6) is 0 Å². The lowest BCUT2D eigenvalue weighted by Crippen LogP contribution is -2.51. The molecule has 2 heterocycles. The average molecular weight is 246 g/mol. The summed E-state index contributed by atoms with van der Waals surface area (Å²) in [6.07, 6.45) is 4.18. The highest BCUT2D eigenvalue weighted by Crippen LogP contribution is 2.15. The molecule has 90 valence electrons. The lowest BCUT2D eigenvalue weighted by molar-refractivity contribution is -0.133. The van der Waals surface area contributed by atoms with Crippen LogP contribution in [0.2, 0.25) is 0 Å². The van der Waals surface area contributed by atoms with Gasteiger partial charge in [-0.15, -0.1) is 4.99 Å². The van der Waals surface area contributed by atoms with Crippen LogP contribution in [0.4, 0.5) is 0 Å². The number of nitriles is 1. The highest BCUT2D eigenvalue weighted by atomic mass is 16.3. The van der Waals surface area contributed by atoms with Crippen molar-refractivity contribution >= 4 is 23.7 Å². The van der Waals surface area contributed by atoms with Gasteiger partial charge in [-0.1, -0.05) is 0 Å². The standard InChI is InChI=1S/C10H6N4O4/c11-5-12-10(13-6(15)1-2-7(13)16)14-8(17)3-4-9(14)18/h1-4,6,15H. The first kappa shape index (κ1) is 11.7. The number of rotatable bonds is 0. The first-order valence-electron chi connectivity index (χ1n) is 4.78. The zero-order valence-electron chi connectivity index (χ0n) is 8.85. The zero-order chi connectivity index (χ0) is 13.3. The number of guanidine groups is 1. The van der Waals surface area contributed by atoms with Crippen LogP contribution in [0.15, 0.2) is 29.3 Å². The van der Waals surface area contributed by atoms with Gasteiger partial charge in [0.25, 0.3) is 17.7 Å². The fourth-order valence-electron chi connectivity index (χ4n) is 1.54. The molecule has 0 aromatic rings. The summed E-state index contributed by atoms with van der Waals surface area (Å²) in [5.74, 6) is -2.66. The summed E-state index contributed by atoms with van der Waals surface area (Å²) >= 11 is 0. The number of carbonyl (C=O) groups excluding carboxylic acids is 3. The second kappa shape index (κ2) is 4.23. The van der Waals surface area contributed by atoms with Crippen molar-refractivity contribution in [3.8, 4) is 6.19 Å². The van der Waals surface area contributed by atoms with Gasteiger partial charge in [0.15, 0.2) is 6.23 Å². The predicted molar refractivity (Wildman–Crippen MR) is 56.0 cm³/mol. The van der Waals surface area contributed by atoms with Crippen molar-refractivity contribution in [1.29, 1.82) is 5.26 Å². The molecule has 0 saturated heterocycles. The van der Waals surface area contributed by atoms with Crippen molar-refractivity contribution in [2.45, 2.75) is 6.23 Å². The van der Waals surface area contributed by atoms with E-state index < -0.39 is 29.9 Å². The molecule has 1 unspecified atom stereocenters. The van der Waals surface area contributed by atoms with Crippen LogP contribution in [0.3, 0.4) is 0 Å². The van der Waals surface area contributed by atoms with Gasteiger partial charge < -0.3 is 5.11 Å². The molecule has 2 rings (SSSR count). The second-order valence-corrected chi connectivity index (χ2v) is 3.34. The van der Waals surface area contributed by atoms with Crippen molar-refractivity contribution in [3.05, 3.63) is 24.3 Å². The van der Waals surface area contributed by atoms with Gasteiger partial charge in [0.1, 0.15) is 0 Å². The van der Waals surface area contributed by atoms with Crippen LogP contribution in [-0.2, 0) is 14.4 Å². The maximum atomic E-state index is 11.5. The Labute approximate surface area is 101 Å². The second-order valence-electron chi connectivity index (χ2n) is 3.34. The highest BCUT2D eigenvalue weighted by molar-refractivity contribution is 6.25. The maximum absolute atomic E-state index is 11.5. The lowest BCUT2D eigenvalue weighted by atomic mass is 10.5. The average Bonchev–Trinajstić information content (AvgIpc) is 2.82. The Morgan fingerprint density at radius 3 is 2.28 bits per heavy atom. The minimum absolute atomic E-state index is 0.514. The van der Waals surface area contributed by atoms with E-state index in [1.807, 2.05) is 0 Å². The van der Waals surface area contributed by atoms with E-state index in [1.54, 1.807) is 0 Å². The number of nitrogens with zero attached hydrogens (tertiary/aromatic N) is 4. The van der Waals surface area contributed by atoms with E-state index in [4.69, 9.17) is 5.26 Å². The number of aliphatic hydroxyl groups excluding tert-OH is 1. The van der Waals surface area contributed by atoms with Crippen molar-refractivity contribution in [3.63, 3.8) is 0 Å². The van der Waals surface area contributed by atoms with E-state index >= 15 is 0 Å². The van der Waals surface area contributed by atoms with E-state index in [2.05, 4.69) is 4.99 Å². The SMILES string of the molecule is N#CN=C(N1C(=O)C=CC1=O)N1C(=O)C=CC1O. The third-order valence-electron chi connectivity index (χ3n) is 2.29. The Balaban J connectivity index is 2.40. The van der Waals surface area contributed by atoms with Crippen molar-refractivity contribution < 1.29 is 19.5 Å². The molecule has 0 saturated carbocycles. The molecule has 1 N–H and O–H groups in total. The quantitative estimate of drug-likeness (QED) is 0.241. The van der Waals surface area contributed by atoms with Crippen molar-refractivity contribution in [1.82, 2.24) is 9.80 Å². The van der Waals surface area contributed by atoms with Crippen LogP contribution >= 0.6 is 0 Å². The van der Waals surface area contributed by atoms with Crippen LogP contribution in [0.1, 0.15) is 0 Å². The Morgan fingerprint density at radius 1 is 1.22 bits per heavy atom. The molecule has 0 fully saturated rings. The van der Waals surface area contributed by atoms with Crippen LogP contribution in [-0.4, -0.2) is 44.8 Å². The molecular weight excluding hydrogens is 240 g/mol. The molecule has 8 nitrogen and oxygen atoms in total. The topological polar surface area (TPSA) is 114 Å². The van der Waals surface area contributed by atoms with Gasteiger partial charge in [0.2, 0.25) is 12.2 Å². The Bertz CT molecular complexity index is 551. The number of hydrogen-bond acceptors (Lipinski definition) is 6. The summed E-state index contributed by atoms with van der Waals surface area (Å²) in [7, 11) is 0. The van der Waals surface area contributed by atoms with Crippen molar-refractivity contribution in [2.75, 3.05) is 0 Å². The summed E-state index contributed by atoms with van der Waals surface area (Å²) in [5, 5.41) is 18.1. The van der Waals surface area contributed by atoms with Gasteiger partial charge in [0.05, 0.1) is 0 Å². The summed E-state index contributed by atoms with van der Waals surface area (Å²) in [4.78, 5) is 38.9. The molecule has 2 aliphatic heterocycles. The number of amides is 3. The minimum atomic E-state index is -1.37. The van der Waals surface area contributed by atoms with E-state index in [9.17, 15) is 19.5 Å². The third-order valence-corrected chi connectivity index (χ3v) is 2.29. The summed E-state index contributed by atoms with van der Waals surface area (Å²) in [6.45, 7) is 0. The molecule has 8 heteroatoms. The third kappa shape index (κ3) is 1.68. The molecular formula is C10H6N4O4. The molecule has 0 aromatic carbocycles. The van der Waals surface area contributed by atoms with Gasteiger partial charge in [-0.3, -0.25) is 14.4 Å². The molecule has 0 spiro atoms. The summed E-state index contributed by atoms with van der Waals surface area (Å²) < 4.78 is 0. The monoisotopic (exact) mass is 246 g/mol. The molecule has 18 heavy (non-hydrogen) atoms. The Kier molecular flexibility index (Phi) is 2.75. The largest absolute Gasteiger partial charge is 0.369 e. The number of imide groups is 1. The van der Waals surface area contributed by atoms with E-state index in [-0.39, 0.29) is 0 Å². The molecule has 3 amide bonds. The summed E-state index contributed by atoms with van der Waals surface area (Å²) in [6, 6.07) is 0. The maximum Gasteiger partial charge on any atom is 0.260 e. The molecule has 1 atom stereocenters. The lowest BCUT2D eigenvalue weighted by Gasteiger charge is -2.25. The zero-order valence-corrected chi connectivity index (χ0v) is 8.85. The summed E-state index contributed by atoms with van der Waals surface area (Å²) in [5.41, 5.74) is 0. The number of hydrogen-bond donors (Lipinski definition) is 1. The fraction of sp³-hybridized carbons (Fsp3) is 0.100. The van der Waals surface area contributed by atoms with Crippen LogP contribution in [0.25, 0.3) is 0 Å². The predicted octanol–water partition coefficient (Wildman–Crippen LogP) is -1.53. The first-order valence-corrected chi connectivity index (χ1v) is 4.78. The minimum Gasteiger partial charge on any atom is -0.369 e. The first-order chi connectivity index (χ1) is 8.56. The van der Waals surface area contributed by atoms with Crippen molar-refractivity contribution in [2.24, 2.45) is 4.99 Å². The Hall–Kier alpha value is -2.79. The highest BCUT2D eigenvalue weighted by Gasteiger charge is 2.38. The molecule has 0 bridgehead atoms. The normalized spacial score (nSPS) is 23.2. The number of aliphatic imine (C=N–C) groups is 1. The van der Waals surface area contributed by atoms with E-state index in [0.717, 1.165) is 24.3 Å². The molecule has 0 aliphatic carbocycles. The van der Waals surface area contributed by atoms with Gasteiger partial charge in [-0.2, -0.15) is 5.26 Å². The van der Waals surface area contributed by atoms with E-state index in [1.165, 1.54) is 6.19 Å². The molecule has 0 radical (unpaired) electrons. The number of carbonyl (C=O) groups is 3. The Morgan fingerprint density at radius 2 is 1.83 bits per heavy atom. The van der Waals surface area contributed by atoms with Gasteiger partial charge >= 0.3 is 0 Å². The molecule has 0 aromatic heterocycles. The smallest absolute Gasteiger partial charge is 0.260 e. The van der Waals surface area contributed by atoms with Crippen LogP contribution < -0.4 is 0 Å². The molecule has 2 aliphatic rings. The fourth-order valence-corrected chi connectivity index (χ4v) is 1.54.